The Morgan fingerprint density at radius 2 is 1.90 bits per heavy atom. The molecule has 3 unspecified atom stereocenters. The smallest absolute Gasteiger partial charge is 0.228 e. The van der Waals surface area contributed by atoms with Crippen LogP contribution in [0.3, 0.4) is 0 Å². The molecule has 0 aromatic heterocycles. The zero-order chi connectivity index (χ0) is 16.4. The van der Waals surface area contributed by atoms with E-state index in [1.165, 1.54) is 0 Å². The van der Waals surface area contributed by atoms with Crippen LogP contribution in [0.1, 0.15) is 40.0 Å². The molecule has 0 aliphatic rings. The Bertz CT molecular complexity index is 402. The maximum atomic E-state index is 11.7. The van der Waals surface area contributed by atoms with Crippen molar-refractivity contribution in [1.82, 2.24) is 5.32 Å². The third kappa shape index (κ3) is 6.56. The molecule has 5 heteroatoms. The van der Waals surface area contributed by atoms with E-state index in [1.807, 2.05) is 13.0 Å². The average molecular weight is 295 g/mol. The summed E-state index contributed by atoms with van der Waals surface area (Å²) in [6, 6.07) is 0. The van der Waals surface area contributed by atoms with Crippen LogP contribution >= 0.6 is 0 Å². The average Bonchev–Trinajstić information content (AvgIpc) is 2.48. The molecule has 0 saturated carbocycles. The summed E-state index contributed by atoms with van der Waals surface area (Å²) in [4.78, 5) is 27.0. The van der Waals surface area contributed by atoms with Gasteiger partial charge in [0, 0.05) is 26.2 Å². The summed E-state index contributed by atoms with van der Waals surface area (Å²) in [7, 11) is 3.30. The monoisotopic (exact) mass is 295 g/mol. The standard InChI is InChI=1S/C16H29N3O2/c1-6-12(13(7-2)10-15(17)20)8-9-14(18-4)11(3)16(21)19-5/h8-9,11-13H,6-7,10H2,1-5H3,(H2,17,20)(H,19,21)/b9-8-,18-14?. The van der Waals surface area contributed by atoms with Crippen molar-refractivity contribution in [2.24, 2.45) is 28.5 Å². The molecule has 5 nitrogen and oxygen atoms in total. The Hall–Kier alpha value is -1.65. The molecule has 0 saturated heterocycles. The molecule has 0 rings (SSSR count). The second-order valence-corrected chi connectivity index (χ2v) is 5.25. The third-order valence-electron chi connectivity index (χ3n) is 3.92. The number of aliphatic imine (C=N–C) groups is 1. The molecule has 0 aromatic carbocycles. The first-order valence-corrected chi connectivity index (χ1v) is 7.55. The number of nitrogens with zero attached hydrogens (tertiary/aromatic N) is 1. The fourth-order valence-corrected chi connectivity index (χ4v) is 2.47. The van der Waals surface area contributed by atoms with E-state index in [0.717, 1.165) is 18.6 Å². The number of primary amides is 1. The largest absolute Gasteiger partial charge is 0.370 e. The molecule has 0 bridgehead atoms. The molecule has 21 heavy (non-hydrogen) atoms. The lowest BCUT2D eigenvalue weighted by molar-refractivity contribution is -0.122. The summed E-state index contributed by atoms with van der Waals surface area (Å²) < 4.78 is 0. The van der Waals surface area contributed by atoms with Crippen molar-refractivity contribution in [3.8, 4) is 0 Å². The Kier molecular flexibility index (Phi) is 9.34. The van der Waals surface area contributed by atoms with E-state index in [4.69, 9.17) is 5.73 Å². The normalized spacial score (nSPS) is 16.5. The molecule has 0 heterocycles. The predicted octanol–water partition coefficient (Wildman–Crippen LogP) is 1.92. The van der Waals surface area contributed by atoms with Gasteiger partial charge in [0.15, 0.2) is 0 Å². The van der Waals surface area contributed by atoms with Crippen LogP contribution in [0.5, 0.6) is 0 Å². The van der Waals surface area contributed by atoms with Gasteiger partial charge >= 0.3 is 0 Å². The molecule has 0 spiro atoms. The SMILES string of the molecule is CCC(/C=C\C(=NC)C(C)C(=O)NC)C(CC)CC(N)=O. The number of amides is 2. The maximum Gasteiger partial charge on any atom is 0.228 e. The lowest BCUT2D eigenvalue weighted by atomic mass is 9.84. The van der Waals surface area contributed by atoms with Gasteiger partial charge in [-0.05, 0) is 31.3 Å². The van der Waals surface area contributed by atoms with Crippen LogP contribution in [0.4, 0.5) is 0 Å². The second-order valence-electron chi connectivity index (χ2n) is 5.25. The van der Waals surface area contributed by atoms with E-state index in [-0.39, 0.29) is 29.6 Å². The van der Waals surface area contributed by atoms with Crippen LogP contribution in [0.15, 0.2) is 17.1 Å². The van der Waals surface area contributed by atoms with Gasteiger partial charge in [-0.1, -0.05) is 26.3 Å². The number of hydrogen-bond acceptors (Lipinski definition) is 3. The van der Waals surface area contributed by atoms with E-state index in [1.54, 1.807) is 14.1 Å². The lowest BCUT2D eigenvalue weighted by Gasteiger charge is -2.21. The molecule has 3 N–H and O–H groups in total. The first-order chi connectivity index (χ1) is 9.90. The van der Waals surface area contributed by atoms with E-state index in [0.29, 0.717) is 6.42 Å². The topological polar surface area (TPSA) is 84.6 Å². The number of nitrogens with one attached hydrogen (secondary N) is 1. The fraction of sp³-hybridized carbons (Fsp3) is 0.688. The Labute approximate surface area is 128 Å². The van der Waals surface area contributed by atoms with Gasteiger partial charge in [0.2, 0.25) is 11.8 Å². The first kappa shape index (κ1) is 19.4. The number of carbonyl (C=O) groups is 2. The van der Waals surface area contributed by atoms with Crippen molar-refractivity contribution < 1.29 is 9.59 Å². The Morgan fingerprint density at radius 3 is 2.29 bits per heavy atom. The van der Waals surface area contributed by atoms with Gasteiger partial charge in [0.1, 0.15) is 0 Å². The van der Waals surface area contributed by atoms with E-state index >= 15 is 0 Å². The van der Waals surface area contributed by atoms with E-state index in [2.05, 4.69) is 30.2 Å². The van der Waals surface area contributed by atoms with Crippen LogP contribution in [0.25, 0.3) is 0 Å². The minimum Gasteiger partial charge on any atom is -0.370 e. The maximum absolute atomic E-state index is 11.7. The van der Waals surface area contributed by atoms with Gasteiger partial charge < -0.3 is 11.1 Å². The zero-order valence-corrected chi connectivity index (χ0v) is 13.8. The van der Waals surface area contributed by atoms with Crippen LogP contribution in [0.2, 0.25) is 0 Å². The molecule has 0 aromatic rings. The number of nitrogens with two attached hydrogens (primary N) is 1. The summed E-state index contributed by atoms with van der Waals surface area (Å²) in [5.41, 5.74) is 6.05. The van der Waals surface area contributed by atoms with E-state index in [9.17, 15) is 9.59 Å². The van der Waals surface area contributed by atoms with Crippen LogP contribution in [-0.2, 0) is 9.59 Å². The van der Waals surface area contributed by atoms with Crippen molar-refractivity contribution in [2.75, 3.05) is 14.1 Å². The number of rotatable bonds is 9. The predicted molar refractivity (Wildman–Crippen MR) is 87.1 cm³/mol. The number of allylic oxidation sites excluding steroid dienone is 2. The first-order valence-electron chi connectivity index (χ1n) is 7.55. The Morgan fingerprint density at radius 1 is 1.29 bits per heavy atom. The quantitative estimate of drug-likeness (QED) is 0.637. The highest BCUT2D eigenvalue weighted by molar-refractivity contribution is 6.09. The lowest BCUT2D eigenvalue weighted by Crippen LogP contribution is -2.30. The Balaban J connectivity index is 5.00. The molecule has 120 valence electrons. The van der Waals surface area contributed by atoms with Gasteiger partial charge in [0.05, 0.1) is 5.92 Å². The highest BCUT2D eigenvalue weighted by atomic mass is 16.2. The van der Waals surface area contributed by atoms with Gasteiger partial charge in [0.25, 0.3) is 0 Å². The van der Waals surface area contributed by atoms with Crippen molar-refractivity contribution in [1.29, 1.82) is 0 Å². The summed E-state index contributed by atoms with van der Waals surface area (Å²) in [6.07, 6.45) is 6.17. The minimum absolute atomic E-state index is 0.0579. The molecule has 0 aliphatic carbocycles. The van der Waals surface area contributed by atoms with Gasteiger partial charge in [-0.15, -0.1) is 0 Å². The molecule has 0 radical (unpaired) electrons. The van der Waals surface area contributed by atoms with Crippen molar-refractivity contribution in [2.45, 2.75) is 40.0 Å². The van der Waals surface area contributed by atoms with Crippen LogP contribution in [-0.4, -0.2) is 31.6 Å². The third-order valence-corrected chi connectivity index (χ3v) is 3.92. The summed E-state index contributed by atoms with van der Waals surface area (Å²) in [5, 5.41) is 2.63. The van der Waals surface area contributed by atoms with Gasteiger partial charge in [-0.3, -0.25) is 14.6 Å². The fourth-order valence-electron chi connectivity index (χ4n) is 2.47. The minimum atomic E-state index is -0.287. The number of carbonyl (C=O) groups excluding carboxylic acids is 2. The molecule has 2 amide bonds. The van der Waals surface area contributed by atoms with Gasteiger partial charge in [-0.25, -0.2) is 0 Å². The van der Waals surface area contributed by atoms with E-state index < -0.39 is 0 Å². The van der Waals surface area contributed by atoms with Crippen molar-refractivity contribution in [3.63, 3.8) is 0 Å². The van der Waals surface area contributed by atoms with Crippen molar-refractivity contribution >= 4 is 17.5 Å². The molecular formula is C16H29N3O2. The summed E-state index contributed by atoms with van der Waals surface area (Å²) >= 11 is 0. The highest BCUT2D eigenvalue weighted by Gasteiger charge is 2.20. The number of hydrogen-bond donors (Lipinski definition) is 2. The van der Waals surface area contributed by atoms with Crippen LogP contribution < -0.4 is 11.1 Å². The molecule has 0 aliphatic heterocycles. The molecule has 0 fully saturated rings. The zero-order valence-electron chi connectivity index (χ0n) is 13.8. The second kappa shape index (κ2) is 10.1. The summed E-state index contributed by atoms with van der Waals surface area (Å²) in [6.45, 7) is 5.98. The highest BCUT2D eigenvalue weighted by Crippen LogP contribution is 2.24. The van der Waals surface area contributed by atoms with Crippen molar-refractivity contribution in [3.05, 3.63) is 12.2 Å². The molecular weight excluding hydrogens is 266 g/mol. The summed E-state index contributed by atoms with van der Waals surface area (Å²) in [5.74, 6) is -0.118. The van der Waals surface area contributed by atoms with Gasteiger partial charge in [-0.2, -0.15) is 0 Å². The molecule has 3 atom stereocenters. The van der Waals surface area contributed by atoms with Crippen LogP contribution in [0, 0.1) is 17.8 Å².